The number of halogens is 5. The third kappa shape index (κ3) is 3.25. The average Bonchev–Trinajstić information content (AvgIpc) is 2.50. The van der Waals surface area contributed by atoms with Gasteiger partial charge in [0.05, 0.1) is 0 Å². The molecule has 124 valence electrons. The zero-order chi connectivity index (χ0) is 16.4. The van der Waals surface area contributed by atoms with Crippen molar-refractivity contribution in [1.82, 2.24) is 10.2 Å². The molecule has 0 unspecified atom stereocenters. The number of nitrogens with zero attached hydrogens (tertiary/aromatic N) is 1. The molecule has 1 aliphatic rings. The lowest BCUT2D eigenvalue weighted by Crippen LogP contribution is -2.46. The number of nitrogens with one attached hydrogen (secondary N) is 1. The van der Waals surface area contributed by atoms with Gasteiger partial charge in [0, 0.05) is 37.8 Å². The van der Waals surface area contributed by atoms with Gasteiger partial charge in [-0.15, -0.1) is 0 Å². The van der Waals surface area contributed by atoms with E-state index in [2.05, 4.69) is 5.32 Å². The largest absolute Gasteiger partial charge is 0.314 e. The average molecular weight is 322 g/mol. The highest BCUT2D eigenvalue weighted by molar-refractivity contribution is 5.27. The highest BCUT2D eigenvalue weighted by atomic mass is 19.2. The van der Waals surface area contributed by atoms with Gasteiger partial charge in [0.2, 0.25) is 5.82 Å². The minimum atomic E-state index is -2.11. The Morgan fingerprint density at radius 3 is 1.77 bits per heavy atom. The molecule has 0 aliphatic carbocycles. The Hall–Kier alpha value is -1.21. The Bertz CT molecular complexity index is 512. The van der Waals surface area contributed by atoms with Crippen LogP contribution in [0.3, 0.4) is 0 Å². The molecule has 1 saturated heterocycles. The lowest BCUT2D eigenvalue weighted by atomic mass is 9.93. The minimum absolute atomic E-state index is 0.0508. The maximum atomic E-state index is 14.1. The van der Waals surface area contributed by atoms with Crippen LogP contribution in [-0.4, -0.2) is 31.1 Å². The molecule has 0 aromatic heterocycles. The van der Waals surface area contributed by atoms with Gasteiger partial charge in [0.25, 0.3) is 0 Å². The van der Waals surface area contributed by atoms with Crippen molar-refractivity contribution in [3.63, 3.8) is 0 Å². The predicted molar refractivity (Wildman–Crippen MR) is 72.9 cm³/mol. The standard InChI is InChI=1S/C15H19F5N2/c1-8(2)7-9(22-5-3-21-4-6-22)10-11(16)13(18)15(20)14(19)12(10)17/h8-9,21H,3-7H2,1-2H3/t9-/m1/s1. The van der Waals surface area contributed by atoms with Gasteiger partial charge in [-0.25, -0.2) is 22.0 Å². The van der Waals surface area contributed by atoms with Crippen LogP contribution in [0.5, 0.6) is 0 Å². The van der Waals surface area contributed by atoms with Gasteiger partial charge in [-0.3, -0.25) is 4.90 Å². The molecule has 1 N–H and O–H groups in total. The third-order valence-corrected chi connectivity index (χ3v) is 3.86. The minimum Gasteiger partial charge on any atom is -0.314 e. The quantitative estimate of drug-likeness (QED) is 0.519. The summed E-state index contributed by atoms with van der Waals surface area (Å²) in [6, 6.07) is -0.827. The molecule has 7 heteroatoms. The molecule has 1 heterocycles. The van der Waals surface area contributed by atoms with E-state index >= 15 is 0 Å². The number of rotatable bonds is 4. The van der Waals surface area contributed by atoms with Crippen LogP contribution >= 0.6 is 0 Å². The second-order valence-electron chi connectivity index (χ2n) is 5.91. The van der Waals surface area contributed by atoms with Crippen molar-refractivity contribution in [2.24, 2.45) is 5.92 Å². The second-order valence-corrected chi connectivity index (χ2v) is 5.91. The molecule has 22 heavy (non-hydrogen) atoms. The summed E-state index contributed by atoms with van der Waals surface area (Å²) in [6.07, 6.45) is 0.318. The van der Waals surface area contributed by atoms with Crippen molar-refractivity contribution in [3.8, 4) is 0 Å². The van der Waals surface area contributed by atoms with Crippen LogP contribution < -0.4 is 5.32 Å². The van der Waals surface area contributed by atoms with Crippen molar-refractivity contribution in [1.29, 1.82) is 0 Å². The van der Waals surface area contributed by atoms with E-state index in [1.54, 1.807) is 4.90 Å². The molecule has 0 radical (unpaired) electrons. The van der Waals surface area contributed by atoms with E-state index in [9.17, 15) is 22.0 Å². The Labute approximate surface area is 126 Å². The third-order valence-electron chi connectivity index (χ3n) is 3.86. The Morgan fingerprint density at radius 2 is 1.32 bits per heavy atom. The molecule has 2 rings (SSSR count). The summed E-state index contributed by atoms with van der Waals surface area (Å²) in [6.45, 7) is 5.92. The first-order valence-electron chi connectivity index (χ1n) is 7.30. The number of hydrogen-bond acceptors (Lipinski definition) is 2. The zero-order valence-corrected chi connectivity index (χ0v) is 12.5. The summed E-state index contributed by atoms with van der Waals surface area (Å²) in [5, 5.41) is 3.10. The molecule has 1 aromatic carbocycles. The van der Waals surface area contributed by atoms with Gasteiger partial charge >= 0.3 is 0 Å². The molecular formula is C15H19F5N2. The van der Waals surface area contributed by atoms with Gasteiger partial charge in [0.15, 0.2) is 23.3 Å². The van der Waals surface area contributed by atoms with Crippen LogP contribution in [-0.2, 0) is 0 Å². The lowest BCUT2D eigenvalue weighted by molar-refractivity contribution is 0.145. The molecule has 1 atom stereocenters. The summed E-state index contributed by atoms with van der Waals surface area (Å²) in [5.74, 6) is -9.26. The number of piperazine rings is 1. The van der Waals surface area contributed by atoms with E-state index in [1.807, 2.05) is 13.8 Å². The van der Waals surface area contributed by atoms with Crippen LogP contribution in [0, 0.1) is 35.0 Å². The van der Waals surface area contributed by atoms with Crippen LogP contribution in [0.15, 0.2) is 0 Å². The first-order chi connectivity index (χ1) is 10.3. The predicted octanol–water partition coefficient (Wildman–Crippen LogP) is 3.37. The molecule has 0 saturated carbocycles. The topological polar surface area (TPSA) is 15.3 Å². The van der Waals surface area contributed by atoms with Gasteiger partial charge < -0.3 is 5.32 Å². The Kier molecular flexibility index (Phi) is 5.39. The summed E-state index contributed by atoms with van der Waals surface area (Å²) in [5.41, 5.74) is -0.716. The SMILES string of the molecule is CC(C)C[C@H](c1c(F)c(F)c(F)c(F)c1F)N1CCNCC1. The Morgan fingerprint density at radius 1 is 0.864 bits per heavy atom. The number of hydrogen-bond donors (Lipinski definition) is 1. The van der Waals surface area contributed by atoms with Crippen molar-refractivity contribution in [3.05, 3.63) is 34.6 Å². The Balaban J connectivity index is 2.51. The first-order valence-corrected chi connectivity index (χ1v) is 7.30. The molecule has 1 aliphatic heterocycles. The van der Waals surface area contributed by atoms with E-state index < -0.39 is 40.7 Å². The van der Waals surface area contributed by atoms with Gasteiger partial charge in [-0.05, 0) is 12.3 Å². The zero-order valence-electron chi connectivity index (χ0n) is 12.5. The summed E-state index contributed by atoms with van der Waals surface area (Å²) < 4.78 is 68.4. The van der Waals surface area contributed by atoms with Gasteiger partial charge in [-0.1, -0.05) is 13.8 Å². The van der Waals surface area contributed by atoms with Crippen molar-refractivity contribution in [2.75, 3.05) is 26.2 Å². The molecule has 0 bridgehead atoms. The van der Waals surface area contributed by atoms with Crippen LogP contribution in [0.25, 0.3) is 0 Å². The van der Waals surface area contributed by atoms with Crippen molar-refractivity contribution < 1.29 is 22.0 Å². The maximum absolute atomic E-state index is 14.1. The van der Waals surface area contributed by atoms with Crippen molar-refractivity contribution >= 4 is 0 Å². The molecule has 0 spiro atoms. The summed E-state index contributed by atoms with van der Waals surface area (Å²) >= 11 is 0. The molecule has 1 aromatic rings. The molecule has 1 fully saturated rings. The number of benzene rings is 1. The fourth-order valence-electron chi connectivity index (χ4n) is 2.80. The monoisotopic (exact) mass is 322 g/mol. The highest BCUT2D eigenvalue weighted by Gasteiger charge is 2.34. The van der Waals surface area contributed by atoms with Crippen LogP contribution in [0.4, 0.5) is 22.0 Å². The fraction of sp³-hybridized carbons (Fsp3) is 0.600. The van der Waals surface area contributed by atoms with Crippen molar-refractivity contribution in [2.45, 2.75) is 26.3 Å². The molecular weight excluding hydrogens is 303 g/mol. The smallest absolute Gasteiger partial charge is 0.200 e. The van der Waals surface area contributed by atoms with Crippen LogP contribution in [0.2, 0.25) is 0 Å². The highest BCUT2D eigenvalue weighted by Crippen LogP contribution is 2.35. The lowest BCUT2D eigenvalue weighted by Gasteiger charge is -2.36. The summed E-state index contributed by atoms with van der Waals surface area (Å²) in [4.78, 5) is 1.77. The van der Waals surface area contributed by atoms with E-state index in [1.165, 1.54) is 0 Å². The molecule has 2 nitrogen and oxygen atoms in total. The van der Waals surface area contributed by atoms with Gasteiger partial charge in [0.1, 0.15) is 0 Å². The van der Waals surface area contributed by atoms with E-state index in [0.717, 1.165) is 0 Å². The fourth-order valence-corrected chi connectivity index (χ4v) is 2.80. The van der Waals surface area contributed by atoms with E-state index in [4.69, 9.17) is 0 Å². The second kappa shape index (κ2) is 6.91. The maximum Gasteiger partial charge on any atom is 0.200 e. The van der Waals surface area contributed by atoms with Crippen LogP contribution in [0.1, 0.15) is 31.9 Å². The van der Waals surface area contributed by atoms with E-state index in [0.29, 0.717) is 32.6 Å². The first kappa shape index (κ1) is 17.1. The summed E-state index contributed by atoms with van der Waals surface area (Å²) in [7, 11) is 0. The normalized spacial score (nSPS) is 18.0. The molecule has 0 amide bonds. The van der Waals surface area contributed by atoms with Gasteiger partial charge in [-0.2, -0.15) is 0 Å². The van der Waals surface area contributed by atoms with E-state index in [-0.39, 0.29) is 5.92 Å².